The Morgan fingerprint density at radius 2 is 1.04 bits per heavy atom. The molecule has 328 valence electrons. The van der Waals surface area contributed by atoms with E-state index in [2.05, 4.69) is 62.2 Å². The van der Waals surface area contributed by atoms with Gasteiger partial charge in [-0.25, -0.2) is 0 Å². The minimum Gasteiger partial charge on any atom is -0.462 e. The zero-order chi connectivity index (χ0) is 41.4. The van der Waals surface area contributed by atoms with Gasteiger partial charge in [0, 0.05) is 19.4 Å². The number of unbranched alkanes of at least 4 members (excludes halogenated alkanes) is 18. The first-order valence-electron chi connectivity index (χ1n) is 23.9. The van der Waals surface area contributed by atoms with Crippen molar-refractivity contribution in [3.05, 3.63) is 24.3 Å². The predicted molar refractivity (Wildman–Crippen MR) is 239 cm³/mol. The van der Waals surface area contributed by atoms with E-state index in [9.17, 15) is 14.4 Å². The van der Waals surface area contributed by atoms with E-state index in [-0.39, 0.29) is 23.9 Å². The number of allylic oxidation sites excluding steroid dienone is 4. The molecule has 0 saturated heterocycles. The number of amides is 1. The maximum absolute atomic E-state index is 13.9. The second-order valence-electron chi connectivity index (χ2n) is 16.7. The van der Waals surface area contributed by atoms with Gasteiger partial charge < -0.3 is 19.7 Å². The van der Waals surface area contributed by atoms with E-state index in [4.69, 9.17) is 9.47 Å². The summed E-state index contributed by atoms with van der Waals surface area (Å²) < 4.78 is 12.1. The van der Waals surface area contributed by atoms with Crippen LogP contribution in [0.25, 0.3) is 0 Å². The minimum absolute atomic E-state index is 0.0475. The number of ether oxygens (including phenoxy) is 2. The van der Waals surface area contributed by atoms with E-state index in [1.54, 1.807) is 0 Å². The van der Waals surface area contributed by atoms with Crippen LogP contribution in [0, 0.1) is 0 Å². The highest BCUT2D eigenvalue weighted by molar-refractivity contribution is 5.87. The molecule has 56 heavy (non-hydrogen) atoms. The second kappa shape index (κ2) is 39.7. The molecule has 0 radical (unpaired) electrons. The Labute approximate surface area is 347 Å². The Kier molecular flexibility index (Phi) is 38.1. The monoisotopic (exact) mass is 789 g/mol. The number of esters is 2. The molecule has 1 atom stereocenters. The van der Waals surface area contributed by atoms with Gasteiger partial charge in [-0.1, -0.05) is 148 Å². The molecule has 7 heteroatoms. The van der Waals surface area contributed by atoms with Crippen molar-refractivity contribution in [2.75, 3.05) is 27.2 Å². The van der Waals surface area contributed by atoms with Crippen LogP contribution in [-0.2, 0) is 23.9 Å². The number of nitrogens with one attached hydrogen (secondary N) is 1. The highest BCUT2D eigenvalue weighted by Gasteiger charge is 2.41. The number of carbonyl (C=O) groups excluding carboxylic acids is 3. The summed E-state index contributed by atoms with van der Waals surface area (Å²) in [4.78, 5) is 41.8. The highest BCUT2D eigenvalue weighted by Crippen LogP contribution is 2.29. The van der Waals surface area contributed by atoms with Crippen LogP contribution >= 0.6 is 0 Å². The Bertz CT molecular complexity index is 972. The summed E-state index contributed by atoms with van der Waals surface area (Å²) in [5, 5.41) is 3.15. The van der Waals surface area contributed by atoms with Crippen LogP contribution in [-0.4, -0.2) is 61.6 Å². The van der Waals surface area contributed by atoms with Crippen LogP contribution in [0.1, 0.15) is 233 Å². The van der Waals surface area contributed by atoms with Gasteiger partial charge >= 0.3 is 11.9 Å². The lowest BCUT2D eigenvalue weighted by Crippen LogP contribution is -2.50. The Hall–Kier alpha value is -2.15. The highest BCUT2D eigenvalue weighted by atomic mass is 16.6. The topological polar surface area (TPSA) is 84.9 Å². The smallest absolute Gasteiger partial charge is 0.306 e. The van der Waals surface area contributed by atoms with Crippen LogP contribution in [0.3, 0.4) is 0 Å². The molecule has 0 aliphatic rings. The van der Waals surface area contributed by atoms with E-state index in [0.717, 1.165) is 141 Å². The molecule has 0 aromatic carbocycles. The fourth-order valence-electron chi connectivity index (χ4n) is 7.16. The second-order valence-corrected chi connectivity index (χ2v) is 16.7. The van der Waals surface area contributed by atoms with Gasteiger partial charge in [0.1, 0.15) is 6.10 Å². The zero-order valence-corrected chi connectivity index (χ0v) is 37.9. The maximum atomic E-state index is 13.9. The molecule has 0 heterocycles. The lowest BCUT2D eigenvalue weighted by atomic mass is 9.88. The fourth-order valence-corrected chi connectivity index (χ4v) is 7.16. The summed E-state index contributed by atoms with van der Waals surface area (Å²) in [6, 6.07) is 0. The van der Waals surface area contributed by atoms with Gasteiger partial charge in [0.2, 0.25) is 0 Å². The molecular weight excluding hydrogens is 697 g/mol. The first-order chi connectivity index (χ1) is 27.2. The quantitative estimate of drug-likeness (QED) is 0.0377. The average Bonchev–Trinajstić information content (AvgIpc) is 3.18. The van der Waals surface area contributed by atoms with Crippen LogP contribution in [0.2, 0.25) is 0 Å². The zero-order valence-electron chi connectivity index (χ0n) is 37.9. The van der Waals surface area contributed by atoms with Crippen molar-refractivity contribution >= 4 is 17.8 Å². The van der Waals surface area contributed by atoms with Gasteiger partial charge in [-0.15, -0.1) is 0 Å². The summed E-state index contributed by atoms with van der Waals surface area (Å²) in [6.07, 6.45) is 41.1. The third-order valence-electron chi connectivity index (χ3n) is 10.8. The molecule has 0 saturated carbocycles. The van der Waals surface area contributed by atoms with E-state index in [0.29, 0.717) is 32.2 Å². The number of rotatable bonds is 41. The third-order valence-corrected chi connectivity index (χ3v) is 10.8. The maximum Gasteiger partial charge on any atom is 0.306 e. The van der Waals surface area contributed by atoms with Crippen LogP contribution in [0.15, 0.2) is 24.3 Å². The number of carbonyl (C=O) groups is 3. The molecule has 0 fully saturated rings. The SMILES string of the molecule is CCCCC/C=C\C/C=C\CCCCCCCCC(CCCCCCCCC(=O)OC(CCCC)CCCC)(OC(=O)CCCCN(C)C)C(=O)NCCCC. The van der Waals surface area contributed by atoms with Crippen molar-refractivity contribution in [2.24, 2.45) is 0 Å². The van der Waals surface area contributed by atoms with Gasteiger partial charge in [-0.05, 0) is 117 Å². The van der Waals surface area contributed by atoms with E-state index >= 15 is 0 Å². The van der Waals surface area contributed by atoms with Crippen molar-refractivity contribution in [1.29, 1.82) is 0 Å². The Morgan fingerprint density at radius 1 is 0.554 bits per heavy atom. The molecular formula is C49H92N2O5. The van der Waals surface area contributed by atoms with Crippen molar-refractivity contribution in [3.63, 3.8) is 0 Å². The molecule has 0 aromatic heterocycles. The average molecular weight is 789 g/mol. The molecule has 1 N–H and O–H groups in total. The minimum atomic E-state index is -1.10. The number of nitrogens with zero attached hydrogens (tertiary/aromatic N) is 1. The largest absolute Gasteiger partial charge is 0.462 e. The van der Waals surface area contributed by atoms with Crippen molar-refractivity contribution < 1.29 is 23.9 Å². The van der Waals surface area contributed by atoms with Crippen molar-refractivity contribution in [3.8, 4) is 0 Å². The molecule has 0 aromatic rings. The van der Waals surface area contributed by atoms with Gasteiger partial charge in [0.05, 0.1) is 0 Å². The van der Waals surface area contributed by atoms with E-state index in [1.165, 1.54) is 44.9 Å². The van der Waals surface area contributed by atoms with Gasteiger partial charge in [0.25, 0.3) is 5.91 Å². The van der Waals surface area contributed by atoms with Crippen LogP contribution in [0.4, 0.5) is 0 Å². The molecule has 1 amide bonds. The van der Waals surface area contributed by atoms with Crippen LogP contribution in [0.5, 0.6) is 0 Å². The molecule has 0 bridgehead atoms. The van der Waals surface area contributed by atoms with Gasteiger partial charge in [-0.3, -0.25) is 14.4 Å². The first kappa shape index (κ1) is 53.9. The molecule has 0 spiro atoms. The normalized spacial score (nSPS) is 12.9. The summed E-state index contributed by atoms with van der Waals surface area (Å²) in [5.74, 6) is -0.397. The van der Waals surface area contributed by atoms with Crippen molar-refractivity contribution in [2.45, 2.75) is 245 Å². The summed E-state index contributed by atoms with van der Waals surface area (Å²) >= 11 is 0. The van der Waals surface area contributed by atoms with Crippen LogP contribution < -0.4 is 5.32 Å². The molecule has 0 rings (SSSR count). The Morgan fingerprint density at radius 3 is 1.59 bits per heavy atom. The molecule has 0 aliphatic carbocycles. The summed E-state index contributed by atoms with van der Waals surface area (Å²) in [5.41, 5.74) is -1.10. The summed E-state index contributed by atoms with van der Waals surface area (Å²) in [6.45, 7) is 10.3. The number of hydrogen-bond acceptors (Lipinski definition) is 6. The van der Waals surface area contributed by atoms with Gasteiger partial charge in [-0.2, -0.15) is 0 Å². The van der Waals surface area contributed by atoms with Gasteiger partial charge in [0.15, 0.2) is 5.60 Å². The number of hydrogen-bond donors (Lipinski definition) is 1. The molecule has 0 aliphatic heterocycles. The molecule has 1 unspecified atom stereocenters. The lowest BCUT2D eigenvalue weighted by Gasteiger charge is -2.33. The lowest BCUT2D eigenvalue weighted by molar-refractivity contribution is -0.171. The van der Waals surface area contributed by atoms with Crippen molar-refractivity contribution in [1.82, 2.24) is 10.2 Å². The molecule has 7 nitrogen and oxygen atoms in total. The summed E-state index contributed by atoms with van der Waals surface area (Å²) in [7, 11) is 4.09. The Balaban J connectivity index is 5.03. The third kappa shape index (κ3) is 32.9. The first-order valence-corrected chi connectivity index (χ1v) is 23.9. The van der Waals surface area contributed by atoms with E-state index in [1.807, 2.05) is 14.1 Å². The fraction of sp³-hybridized carbons (Fsp3) is 0.857. The van der Waals surface area contributed by atoms with E-state index < -0.39 is 5.60 Å². The predicted octanol–water partition coefficient (Wildman–Crippen LogP) is 13.5. The standard InChI is InChI=1S/C49H92N2O5/c1-7-11-15-16-17-18-19-20-21-22-23-24-25-27-30-34-41-49(48(54)50-43-14-10-4,56-47(53)40-33-36-44-51(5)6)42-35-31-28-26-29-32-39-46(52)55-45(37-12-8-2)38-13-9-3/h17-18,20-21,45H,7-16,19,22-44H2,1-6H3,(H,50,54)/b18-17-,21-20-.